The quantitative estimate of drug-likeness (QED) is 0.635. The lowest BCUT2D eigenvalue weighted by Crippen LogP contribution is -2.00. The Morgan fingerprint density at radius 1 is 1.73 bits per heavy atom. The fourth-order valence-electron chi connectivity index (χ4n) is 0.696. The molecule has 1 aromatic rings. The van der Waals surface area contributed by atoms with Crippen LogP contribution in [0.1, 0.15) is 18.5 Å². The average Bonchev–Trinajstić information content (AvgIpc) is 2.03. The highest BCUT2D eigenvalue weighted by Crippen LogP contribution is 2.10. The number of hydrogen-bond acceptors (Lipinski definition) is 4. The predicted octanol–water partition coefficient (Wildman–Crippen LogP) is 0.686. The summed E-state index contributed by atoms with van der Waals surface area (Å²) < 4.78 is 0. The Morgan fingerprint density at radius 2 is 2.45 bits per heavy atom. The Balaban J connectivity index is 2.98. The molecule has 0 amide bonds. The number of nitriles is 1. The summed E-state index contributed by atoms with van der Waals surface area (Å²) in [5.74, 6) is -0.00935. The normalized spacial score (nSPS) is 12.0. The van der Waals surface area contributed by atoms with E-state index in [1.165, 1.54) is 0 Å². The number of aromatic nitrogens is 2. The van der Waals surface area contributed by atoms with Gasteiger partial charge in [0, 0.05) is 6.20 Å². The Bertz CT molecular complexity index is 289. The Hall–Kier alpha value is -1.63. The molecule has 11 heavy (non-hydrogen) atoms. The van der Waals surface area contributed by atoms with Gasteiger partial charge in [-0.3, -0.25) is 0 Å². The first-order valence-electron chi connectivity index (χ1n) is 3.22. The minimum absolute atomic E-state index is 0.213. The third kappa shape index (κ3) is 1.64. The zero-order valence-electron chi connectivity index (χ0n) is 6.15. The number of nitrogen functional groups attached to an aromatic ring is 1. The molecule has 1 unspecified atom stereocenters. The molecule has 1 aromatic heterocycles. The molecule has 0 aliphatic rings. The van der Waals surface area contributed by atoms with Crippen molar-refractivity contribution in [3.8, 4) is 6.07 Å². The van der Waals surface area contributed by atoms with Crippen molar-refractivity contribution in [1.82, 2.24) is 9.97 Å². The fourth-order valence-corrected chi connectivity index (χ4v) is 0.696. The predicted molar refractivity (Wildman–Crippen MR) is 40.5 cm³/mol. The van der Waals surface area contributed by atoms with Gasteiger partial charge in [0.2, 0.25) is 5.95 Å². The molecule has 0 saturated heterocycles. The van der Waals surface area contributed by atoms with E-state index in [1.807, 2.05) is 0 Å². The van der Waals surface area contributed by atoms with Gasteiger partial charge in [0.1, 0.15) is 0 Å². The van der Waals surface area contributed by atoms with Gasteiger partial charge < -0.3 is 5.73 Å². The topological polar surface area (TPSA) is 75.6 Å². The van der Waals surface area contributed by atoms with E-state index in [0.29, 0.717) is 5.69 Å². The van der Waals surface area contributed by atoms with Crippen molar-refractivity contribution in [1.29, 1.82) is 5.26 Å². The molecule has 0 spiro atoms. The lowest BCUT2D eigenvalue weighted by atomic mass is 10.1. The number of nitrogens with zero attached hydrogens (tertiary/aromatic N) is 3. The molecule has 1 rings (SSSR count). The van der Waals surface area contributed by atoms with Gasteiger partial charge in [-0.25, -0.2) is 9.97 Å². The maximum atomic E-state index is 8.53. The van der Waals surface area contributed by atoms with E-state index >= 15 is 0 Å². The third-order valence-electron chi connectivity index (χ3n) is 1.33. The second-order valence-electron chi connectivity index (χ2n) is 2.19. The van der Waals surface area contributed by atoms with Crippen LogP contribution in [-0.4, -0.2) is 9.97 Å². The van der Waals surface area contributed by atoms with Crippen LogP contribution in [0.3, 0.4) is 0 Å². The van der Waals surface area contributed by atoms with Crippen molar-refractivity contribution in [2.24, 2.45) is 0 Å². The van der Waals surface area contributed by atoms with E-state index in [0.717, 1.165) is 0 Å². The van der Waals surface area contributed by atoms with Crippen LogP contribution in [0.2, 0.25) is 0 Å². The van der Waals surface area contributed by atoms with Gasteiger partial charge in [-0.1, -0.05) is 0 Å². The van der Waals surface area contributed by atoms with Crippen LogP contribution in [0.15, 0.2) is 12.3 Å². The molecule has 4 nitrogen and oxygen atoms in total. The molecular weight excluding hydrogens is 140 g/mol. The van der Waals surface area contributed by atoms with Gasteiger partial charge >= 0.3 is 0 Å². The second kappa shape index (κ2) is 2.97. The first-order valence-corrected chi connectivity index (χ1v) is 3.22. The molecule has 2 N–H and O–H groups in total. The van der Waals surface area contributed by atoms with Gasteiger partial charge in [0.05, 0.1) is 17.7 Å². The van der Waals surface area contributed by atoms with Crippen molar-refractivity contribution < 1.29 is 0 Å². The monoisotopic (exact) mass is 148 g/mol. The number of nitrogens with two attached hydrogens (primary N) is 1. The van der Waals surface area contributed by atoms with E-state index in [1.54, 1.807) is 19.2 Å². The fraction of sp³-hybridized carbons (Fsp3) is 0.286. The zero-order chi connectivity index (χ0) is 8.27. The maximum Gasteiger partial charge on any atom is 0.220 e. The van der Waals surface area contributed by atoms with E-state index in [2.05, 4.69) is 16.0 Å². The summed E-state index contributed by atoms with van der Waals surface area (Å²) in [5, 5.41) is 8.53. The van der Waals surface area contributed by atoms with E-state index < -0.39 is 0 Å². The Labute approximate surface area is 64.7 Å². The number of anilines is 1. The van der Waals surface area contributed by atoms with Crippen LogP contribution in [0.5, 0.6) is 0 Å². The van der Waals surface area contributed by atoms with Crippen molar-refractivity contribution in [3.05, 3.63) is 18.0 Å². The summed E-state index contributed by atoms with van der Waals surface area (Å²) in [6.07, 6.45) is 1.55. The van der Waals surface area contributed by atoms with E-state index in [-0.39, 0.29) is 11.9 Å². The van der Waals surface area contributed by atoms with Gasteiger partial charge in [0.15, 0.2) is 0 Å². The zero-order valence-corrected chi connectivity index (χ0v) is 6.15. The molecule has 0 bridgehead atoms. The highest BCUT2D eigenvalue weighted by Gasteiger charge is 2.04. The Morgan fingerprint density at radius 3 is 3.00 bits per heavy atom. The van der Waals surface area contributed by atoms with Crippen LogP contribution in [-0.2, 0) is 0 Å². The summed E-state index contributed by atoms with van der Waals surface area (Å²) in [6.45, 7) is 1.77. The smallest absolute Gasteiger partial charge is 0.220 e. The van der Waals surface area contributed by atoms with Gasteiger partial charge in [0.25, 0.3) is 0 Å². The molecule has 0 saturated carbocycles. The van der Waals surface area contributed by atoms with Crippen LogP contribution in [0.4, 0.5) is 5.95 Å². The molecule has 0 aromatic carbocycles. The van der Waals surface area contributed by atoms with E-state index in [4.69, 9.17) is 11.0 Å². The highest BCUT2D eigenvalue weighted by molar-refractivity contribution is 5.22. The minimum Gasteiger partial charge on any atom is -0.368 e. The summed E-state index contributed by atoms with van der Waals surface area (Å²) in [7, 11) is 0. The first kappa shape index (κ1) is 7.48. The van der Waals surface area contributed by atoms with Gasteiger partial charge in [-0.2, -0.15) is 5.26 Å². The average molecular weight is 148 g/mol. The molecule has 0 aliphatic carbocycles. The molecule has 1 heterocycles. The van der Waals surface area contributed by atoms with Crippen molar-refractivity contribution >= 4 is 5.95 Å². The SMILES string of the molecule is CC(C#N)c1ccnc(N)n1. The van der Waals surface area contributed by atoms with E-state index in [9.17, 15) is 0 Å². The van der Waals surface area contributed by atoms with Crippen molar-refractivity contribution in [2.75, 3.05) is 5.73 Å². The molecular formula is C7H8N4. The Kier molecular flexibility index (Phi) is 2.02. The third-order valence-corrected chi connectivity index (χ3v) is 1.33. The van der Waals surface area contributed by atoms with Gasteiger partial charge in [-0.05, 0) is 13.0 Å². The maximum absolute atomic E-state index is 8.53. The molecule has 1 atom stereocenters. The molecule has 56 valence electrons. The first-order chi connectivity index (χ1) is 5.24. The van der Waals surface area contributed by atoms with Crippen LogP contribution in [0.25, 0.3) is 0 Å². The number of rotatable bonds is 1. The summed E-state index contributed by atoms with van der Waals surface area (Å²) in [4.78, 5) is 7.60. The molecule has 4 heteroatoms. The second-order valence-corrected chi connectivity index (χ2v) is 2.19. The minimum atomic E-state index is -0.222. The van der Waals surface area contributed by atoms with Crippen LogP contribution < -0.4 is 5.73 Å². The van der Waals surface area contributed by atoms with Gasteiger partial charge in [-0.15, -0.1) is 0 Å². The van der Waals surface area contributed by atoms with Crippen LogP contribution >= 0.6 is 0 Å². The number of hydrogen-bond donors (Lipinski definition) is 1. The molecule has 0 fully saturated rings. The van der Waals surface area contributed by atoms with Crippen molar-refractivity contribution in [2.45, 2.75) is 12.8 Å². The standard InChI is InChI=1S/C7H8N4/c1-5(4-8)6-2-3-10-7(9)11-6/h2-3,5H,1H3,(H2,9,10,11). The summed E-state index contributed by atoms with van der Waals surface area (Å²) >= 11 is 0. The largest absolute Gasteiger partial charge is 0.368 e. The molecule has 0 radical (unpaired) electrons. The lowest BCUT2D eigenvalue weighted by Gasteiger charge is -2.00. The lowest BCUT2D eigenvalue weighted by molar-refractivity contribution is 0.909. The van der Waals surface area contributed by atoms with Crippen molar-refractivity contribution in [3.63, 3.8) is 0 Å². The highest BCUT2D eigenvalue weighted by atomic mass is 15.0. The van der Waals surface area contributed by atoms with Crippen LogP contribution in [0, 0.1) is 11.3 Å². The summed E-state index contributed by atoms with van der Waals surface area (Å²) in [5.41, 5.74) is 5.99. The molecule has 0 aliphatic heterocycles. The summed E-state index contributed by atoms with van der Waals surface area (Å²) in [6, 6.07) is 3.75.